The number of rotatable bonds is 7. The Morgan fingerprint density at radius 1 is 1.13 bits per heavy atom. The zero-order valence-corrected chi connectivity index (χ0v) is 14.0. The minimum absolute atomic E-state index is 0.174. The fourth-order valence-electron chi connectivity index (χ4n) is 2.19. The average molecular weight is 312 g/mol. The van der Waals surface area contributed by atoms with E-state index < -0.39 is 0 Å². The lowest BCUT2D eigenvalue weighted by Crippen LogP contribution is -2.25. The predicted octanol–water partition coefficient (Wildman–Crippen LogP) is 3.76. The van der Waals surface area contributed by atoms with Gasteiger partial charge in [-0.3, -0.25) is 4.79 Å². The van der Waals surface area contributed by atoms with E-state index in [0.29, 0.717) is 18.1 Å². The van der Waals surface area contributed by atoms with Crippen molar-refractivity contribution in [3.05, 3.63) is 47.4 Å². The first-order chi connectivity index (χ1) is 11.1. The zero-order chi connectivity index (χ0) is 16.7. The molecule has 1 aromatic heterocycles. The molecule has 0 atom stereocenters. The number of unbranched alkanes of at least 4 members (excludes halogenated alkanes) is 2. The molecule has 2 N–H and O–H groups in total. The van der Waals surface area contributed by atoms with Crippen LogP contribution in [-0.4, -0.2) is 22.4 Å². The van der Waals surface area contributed by atoms with Crippen molar-refractivity contribution in [1.82, 2.24) is 15.3 Å². The first kappa shape index (κ1) is 16.9. The van der Waals surface area contributed by atoms with Gasteiger partial charge in [0.05, 0.1) is 12.4 Å². The molecule has 0 aliphatic heterocycles. The Kier molecular flexibility index (Phi) is 6.09. The molecule has 0 radical (unpaired) electrons. The topological polar surface area (TPSA) is 66.9 Å². The molecule has 0 unspecified atom stereocenters. The minimum Gasteiger partial charge on any atom is -0.351 e. The first-order valence-corrected chi connectivity index (χ1v) is 8.04. The number of carbonyl (C=O) groups excluding carboxylic acids is 1. The molecule has 5 nitrogen and oxygen atoms in total. The van der Waals surface area contributed by atoms with Gasteiger partial charge in [-0.25, -0.2) is 9.97 Å². The summed E-state index contributed by atoms with van der Waals surface area (Å²) in [4.78, 5) is 20.4. The van der Waals surface area contributed by atoms with Crippen molar-refractivity contribution in [3.8, 4) is 0 Å². The maximum absolute atomic E-state index is 11.9. The Morgan fingerprint density at radius 3 is 2.65 bits per heavy atom. The summed E-state index contributed by atoms with van der Waals surface area (Å²) in [6.45, 7) is 6.89. The highest BCUT2D eigenvalue weighted by Gasteiger charge is 2.08. The van der Waals surface area contributed by atoms with Crippen LogP contribution in [0.5, 0.6) is 0 Å². The van der Waals surface area contributed by atoms with Crippen LogP contribution in [0.4, 0.5) is 11.5 Å². The van der Waals surface area contributed by atoms with E-state index >= 15 is 0 Å². The Hall–Kier alpha value is -2.43. The van der Waals surface area contributed by atoms with Crippen LogP contribution in [0.1, 0.15) is 47.8 Å². The Balaban J connectivity index is 1.96. The minimum atomic E-state index is -0.174. The van der Waals surface area contributed by atoms with Gasteiger partial charge in [-0.15, -0.1) is 0 Å². The van der Waals surface area contributed by atoms with E-state index in [1.165, 1.54) is 11.8 Å². The number of hydrogen-bond donors (Lipinski definition) is 2. The van der Waals surface area contributed by atoms with Crippen LogP contribution in [0.2, 0.25) is 0 Å². The van der Waals surface area contributed by atoms with E-state index in [9.17, 15) is 4.79 Å². The molecule has 0 aliphatic carbocycles. The largest absolute Gasteiger partial charge is 0.351 e. The zero-order valence-electron chi connectivity index (χ0n) is 14.0. The number of anilines is 2. The molecule has 0 aliphatic rings. The van der Waals surface area contributed by atoms with Gasteiger partial charge in [0.15, 0.2) is 0 Å². The predicted molar refractivity (Wildman–Crippen MR) is 93.1 cm³/mol. The average Bonchev–Trinajstić information content (AvgIpc) is 2.55. The summed E-state index contributed by atoms with van der Waals surface area (Å²) in [5, 5.41) is 6.09. The van der Waals surface area contributed by atoms with Crippen LogP contribution >= 0.6 is 0 Å². The quantitative estimate of drug-likeness (QED) is 0.764. The molecule has 5 heteroatoms. The second-order valence-corrected chi connectivity index (χ2v) is 5.69. The van der Waals surface area contributed by atoms with Gasteiger partial charge in [0.2, 0.25) is 0 Å². The van der Waals surface area contributed by atoms with Crippen molar-refractivity contribution in [2.75, 3.05) is 11.9 Å². The van der Waals surface area contributed by atoms with E-state index in [-0.39, 0.29) is 5.91 Å². The van der Waals surface area contributed by atoms with Crippen molar-refractivity contribution >= 4 is 17.4 Å². The molecule has 23 heavy (non-hydrogen) atoms. The number of nitrogens with zero attached hydrogens (tertiary/aromatic N) is 2. The van der Waals surface area contributed by atoms with Crippen LogP contribution in [0.3, 0.4) is 0 Å². The van der Waals surface area contributed by atoms with Gasteiger partial charge in [0.25, 0.3) is 5.91 Å². The maximum Gasteiger partial charge on any atom is 0.271 e. The highest BCUT2D eigenvalue weighted by atomic mass is 16.1. The molecule has 1 heterocycles. The number of carbonyl (C=O) groups is 1. The highest BCUT2D eigenvalue weighted by molar-refractivity contribution is 5.92. The maximum atomic E-state index is 11.9. The van der Waals surface area contributed by atoms with Gasteiger partial charge in [0, 0.05) is 12.2 Å². The molecule has 2 aromatic rings. The Morgan fingerprint density at radius 2 is 1.96 bits per heavy atom. The first-order valence-electron chi connectivity index (χ1n) is 8.04. The summed E-state index contributed by atoms with van der Waals surface area (Å²) in [6.07, 6.45) is 6.33. The van der Waals surface area contributed by atoms with Gasteiger partial charge < -0.3 is 10.6 Å². The van der Waals surface area contributed by atoms with E-state index in [1.807, 2.05) is 13.8 Å². The van der Waals surface area contributed by atoms with Crippen molar-refractivity contribution in [3.63, 3.8) is 0 Å². The lowest BCUT2D eigenvalue weighted by atomic mass is 10.1. The number of hydrogen-bond acceptors (Lipinski definition) is 4. The summed E-state index contributed by atoms with van der Waals surface area (Å²) in [7, 11) is 0. The van der Waals surface area contributed by atoms with E-state index in [1.54, 1.807) is 6.20 Å². The molecular weight excluding hydrogens is 288 g/mol. The van der Waals surface area contributed by atoms with Gasteiger partial charge >= 0.3 is 0 Å². The third-order valence-electron chi connectivity index (χ3n) is 3.61. The third-order valence-corrected chi connectivity index (χ3v) is 3.61. The van der Waals surface area contributed by atoms with Crippen molar-refractivity contribution < 1.29 is 4.79 Å². The number of amides is 1. The fraction of sp³-hybridized carbons (Fsp3) is 0.389. The molecule has 0 saturated carbocycles. The summed E-state index contributed by atoms with van der Waals surface area (Å²) in [5.41, 5.74) is 3.65. The summed E-state index contributed by atoms with van der Waals surface area (Å²) < 4.78 is 0. The standard InChI is InChI=1S/C18H24N4O/c1-4-5-6-9-19-18(23)16-11-21-17(12-20-16)22-15-10-13(2)7-8-14(15)3/h7-8,10-12H,4-6,9H2,1-3H3,(H,19,23)(H,21,22). The fourth-order valence-corrected chi connectivity index (χ4v) is 2.19. The number of benzene rings is 1. The number of aromatic nitrogens is 2. The van der Waals surface area contributed by atoms with Gasteiger partial charge in [-0.1, -0.05) is 31.9 Å². The molecule has 2 rings (SSSR count). The van der Waals surface area contributed by atoms with Crippen molar-refractivity contribution in [1.29, 1.82) is 0 Å². The Bertz CT molecular complexity index is 653. The van der Waals surface area contributed by atoms with Gasteiger partial charge in [0.1, 0.15) is 11.5 Å². The molecule has 0 spiro atoms. The van der Waals surface area contributed by atoms with Crippen LogP contribution in [0, 0.1) is 13.8 Å². The van der Waals surface area contributed by atoms with E-state index in [2.05, 4.69) is 45.7 Å². The van der Waals surface area contributed by atoms with Crippen molar-refractivity contribution in [2.45, 2.75) is 40.0 Å². The van der Waals surface area contributed by atoms with Crippen molar-refractivity contribution in [2.24, 2.45) is 0 Å². The molecular formula is C18H24N4O. The van der Waals surface area contributed by atoms with Gasteiger partial charge in [-0.2, -0.15) is 0 Å². The summed E-state index contributed by atoms with van der Waals surface area (Å²) in [6, 6.07) is 6.19. The lowest BCUT2D eigenvalue weighted by molar-refractivity contribution is 0.0947. The summed E-state index contributed by atoms with van der Waals surface area (Å²) in [5.74, 6) is 0.452. The molecule has 1 amide bonds. The summed E-state index contributed by atoms with van der Waals surface area (Å²) >= 11 is 0. The van der Waals surface area contributed by atoms with E-state index in [0.717, 1.165) is 30.5 Å². The molecule has 0 saturated heterocycles. The molecule has 0 fully saturated rings. The second kappa shape index (κ2) is 8.27. The molecule has 122 valence electrons. The Labute approximate surface area is 137 Å². The van der Waals surface area contributed by atoms with E-state index in [4.69, 9.17) is 0 Å². The monoisotopic (exact) mass is 312 g/mol. The third kappa shape index (κ3) is 5.06. The number of aryl methyl sites for hydroxylation is 2. The normalized spacial score (nSPS) is 10.4. The van der Waals surface area contributed by atoms with Crippen LogP contribution < -0.4 is 10.6 Å². The smallest absolute Gasteiger partial charge is 0.271 e. The number of nitrogens with one attached hydrogen (secondary N) is 2. The van der Waals surface area contributed by atoms with Crippen LogP contribution in [0.15, 0.2) is 30.6 Å². The molecule has 0 bridgehead atoms. The SMILES string of the molecule is CCCCCNC(=O)c1cnc(Nc2cc(C)ccc2C)cn1. The molecule has 1 aromatic carbocycles. The second-order valence-electron chi connectivity index (χ2n) is 5.69. The van der Waals surface area contributed by atoms with Gasteiger partial charge in [-0.05, 0) is 37.5 Å². The van der Waals surface area contributed by atoms with Crippen LogP contribution in [0.25, 0.3) is 0 Å². The van der Waals surface area contributed by atoms with Crippen LogP contribution in [-0.2, 0) is 0 Å². The lowest BCUT2D eigenvalue weighted by Gasteiger charge is -2.10. The highest BCUT2D eigenvalue weighted by Crippen LogP contribution is 2.20.